The van der Waals surface area contributed by atoms with Crippen molar-refractivity contribution in [2.75, 3.05) is 0 Å². The summed E-state index contributed by atoms with van der Waals surface area (Å²) >= 11 is 7.60. The van der Waals surface area contributed by atoms with E-state index in [1.54, 1.807) is 0 Å². The molecule has 0 spiro atoms. The highest BCUT2D eigenvalue weighted by atomic mass is 79.9. The van der Waals surface area contributed by atoms with E-state index in [9.17, 15) is 0 Å². The van der Waals surface area contributed by atoms with Crippen LogP contribution in [-0.4, -0.2) is 14.4 Å². The molecular weight excluding hydrogens is 648 g/mol. The summed E-state index contributed by atoms with van der Waals surface area (Å²) in [4.78, 5) is 0. The normalized spacial score (nSPS) is 37.0. The van der Waals surface area contributed by atoms with Gasteiger partial charge in [-0.1, -0.05) is 108 Å². The Morgan fingerprint density at radius 3 is 2.07 bits per heavy atom. The summed E-state index contributed by atoms with van der Waals surface area (Å²) in [5.41, 5.74) is 1.01. The maximum Gasteiger partial charge on any atom is 0.261 e. The molecule has 4 saturated carbocycles. The first-order chi connectivity index (χ1) is 19.5. The minimum absolute atomic E-state index is 0.00961. The van der Waals surface area contributed by atoms with Crippen molar-refractivity contribution in [2.24, 2.45) is 40.4 Å². The lowest BCUT2D eigenvalue weighted by atomic mass is 9.44. The average molecular weight is 699 g/mol. The zero-order valence-electron chi connectivity index (χ0n) is 25.8. The maximum absolute atomic E-state index is 7.90. The lowest BCUT2D eigenvalue weighted by molar-refractivity contribution is -0.129. The Morgan fingerprint density at radius 1 is 0.854 bits per heavy atom. The summed E-state index contributed by atoms with van der Waals surface area (Å²) in [6, 6.07) is 22.5. The fourth-order valence-electron chi connectivity index (χ4n) is 10.7. The molecule has 8 atom stereocenters. The number of fused-ring (bicyclic) bond motifs is 5. The lowest BCUT2D eigenvalue weighted by Crippen LogP contribution is -2.69. The van der Waals surface area contributed by atoms with Crippen LogP contribution in [0.3, 0.4) is 0 Å². The third-order valence-corrected chi connectivity index (χ3v) is 18.2. The molecule has 0 heterocycles. The van der Waals surface area contributed by atoms with E-state index in [1.165, 1.54) is 68.2 Å². The Bertz CT molecular complexity index is 1200. The molecule has 4 aliphatic carbocycles. The fraction of sp³-hybridized carbons (Fsp3) is 0.622. The average Bonchev–Trinajstić information content (AvgIpc) is 3.34. The predicted octanol–water partition coefficient (Wildman–Crippen LogP) is 10.2. The summed E-state index contributed by atoms with van der Waals surface area (Å²) in [5, 5.41) is 2.78. The summed E-state index contributed by atoms with van der Waals surface area (Å²) in [6.45, 7) is 12.6. The Balaban J connectivity index is 1.39. The summed E-state index contributed by atoms with van der Waals surface area (Å²) in [7, 11) is -2.63. The van der Waals surface area contributed by atoms with Crippen LogP contribution in [0.1, 0.15) is 92.4 Å². The number of hydrogen-bond acceptors (Lipinski definition) is 1. The Morgan fingerprint density at radius 2 is 1.49 bits per heavy atom. The highest BCUT2D eigenvalue weighted by Crippen LogP contribution is 2.67. The molecule has 0 aromatic heterocycles. The van der Waals surface area contributed by atoms with Crippen LogP contribution >= 0.6 is 31.9 Å². The topological polar surface area (TPSA) is 9.23 Å². The maximum atomic E-state index is 7.90. The first-order valence-corrected chi connectivity index (χ1v) is 19.8. The van der Waals surface area contributed by atoms with Crippen molar-refractivity contribution in [3.63, 3.8) is 0 Å². The van der Waals surface area contributed by atoms with Crippen LogP contribution in [0.25, 0.3) is 0 Å². The van der Waals surface area contributed by atoms with Crippen LogP contribution < -0.4 is 10.4 Å². The van der Waals surface area contributed by atoms with Crippen molar-refractivity contribution in [3.05, 3.63) is 70.1 Å². The Labute approximate surface area is 267 Å². The highest BCUT2D eigenvalue weighted by molar-refractivity contribution is 9.28. The SMILES string of the molecule is CC(C)(C)[Si](OC1CC2CC[C@@H]3[C@@H](CC[C@]4(C)CCC[C@@H]34)[C@@]2(C)CC1C=C(Br)Br)(c1ccccc1)c1ccccc1. The first kappa shape index (κ1) is 30.3. The molecule has 1 nitrogen and oxygen atoms in total. The van der Waals surface area contributed by atoms with Crippen LogP contribution in [-0.2, 0) is 4.43 Å². The van der Waals surface area contributed by atoms with Gasteiger partial charge in [0.15, 0.2) is 0 Å². The molecule has 0 aliphatic heterocycles. The zero-order chi connectivity index (χ0) is 29.0. The van der Waals surface area contributed by atoms with Crippen LogP contribution in [0.5, 0.6) is 0 Å². The second-order valence-corrected chi connectivity index (χ2v) is 22.6. The molecule has 41 heavy (non-hydrogen) atoms. The van der Waals surface area contributed by atoms with Crippen molar-refractivity contribution in [2.45, 2.75) is 104 Å². The first-order valence-electron chi connectivity index (χ1n) is 16.3. The lowest BCUT2D eigenvalue weighted by Gasteiger charge is -2.62. The molecule has 0 saturated heterocycles. The molecule has 4 aliphatic rings. The van der Waals surface area contributed by atoms with Crippen molar-refractivity contribution in [1.82, 2.24) is 0 Å². The van der Waals surface area contributed by atoms with Crippen LogP contribution in [0.15, 0.2) is 70.1 Å². The van der Waals surface area contributed by atoms with E-state index < -0.39 is 8.32 Å². The van der Waals surface area contributed by atoms with Crippen molar-refractivity contribution < 1.29 is 4.43 Å². The smallest absolute Gasteiger partial charge is 0.261 e. The van der Waals surface area contributed by atoms with Crippen LogP contribution in [0.2, 0.25) is 5.04 Å². The van der Waals surface area contributed by atoms with E-state index in [0.29, 0.717) is 16.7 Å². The molecule has 6 rings (SSSR count). The van der Waals surface area contributed by atoms with Gasteiger partial charge in [0.1, 0.15) is 0 Å². The molecule has 0 N–H and O–H groups in total. The van der Waals surface area contributed by atoms with Crippen molar-refractivity contribution in [3.8, 4) is 0 Å². The molecule has 0 bridgehead atoms. The summed E-state index contributed by atoms with van der Waals surface area (Å²) < 4.78 is 8.97. The van der Waals surface area contributed by atoms with Crippen LogP contribution in [0, 0.1) is 40.4 Å². The van der Waals surface area contributed by atoms with Crippen LogP contribution in [0.4, 0.5) is 0 Å². The molecular formula is C37H50Br2OSi. The number of hydrogen-bond donors (Lipinski definition) is 0. The van der Waals surface area contributed by atoms with Gasteiger partial charge in [0, 0.05) is 5.92 Å². The highest BCUT2D eigenvalue weighted by Gasteiger charge is 2.60. The van der Waals surface area contributed by atoms with E-state index in [0.717, 1.165) is 27.1 Å². The van der Waals surface area contributed by atoms with E-state index in [4.69, 9.17) is 4.43 Å². The van der Waals surface area contributed by atoms with Gasteiger partial charge in [-0.25, -0.2) is 0 Å². The van der Waals surface area contributed by atoms with E-state index in [2.05, 4.69) is 133 Å². The van der Waals surface area contributed by atoms with Gasteiger partial charge in [-0.2, -0.15) is 0 Å². The third-order valence-electron chi connectivity index (χ3n) is 12.6. The van der Waals surface area contributed by atoms with Gasteiger partial charge in [-0.05, 0) is 133 Å². The molecule has 4 fully saturated rings. The molecule has 2 aromatic carbocycles. The number of benzene rings is 2. The second-order valence-electron chi connectivity index (χ2n) is 15.6. The van der Waals surface area contributed by atoms with Crippen molar-refractivity contribution >= 4 is 50.6 Å². The largest absolute Gasteiger partial charge is 0.404 e. The monoisotopic (exact) mass is 696 g/mol. The van der Waals surface area contributed by atoms with E-state index in [-0.39, 0.29) is 11.1 Å². The molecule has 4 heteroatoms. The minimum Gasteiger partial charge on any atom is -0.404 e. The Kier molecular flexibility index (Phi) is 8.40. The van der Waals surface area contributed by atoms with Gasteiger partial charge in [0.25, 0.3) is 8.32 Å². The standard InChI is InChI=1S/C37H50Br2OSi/c1-35(2,3)41(28-13-8-6-9-14-28,29-15-10-7-11-16-29)40-33-24-27-18-19-30-31-17-12-21-36(31,4)22-20-32(30)37(27,5)25-26(33)23-34(38)39/h6-11,13-16,23,26-27,30-33H,12,17-22,24-25H2,1-5H3/t26?,27?,30-,31-,32+,33?,36-,37-/m0/s1. The van der Waals surface area contributed by atoms with Gasteiger partial charge in [-0.15, -0.1) is 0 Å². The zero-order valence-corrected chi connectivity index (χ0v) is 30.0. The number of halogens is 2. The van der Waals surface area contributed by atoms with Gasteiger partial charge in [0.05, 0.1) is 9.50 Å². The number of rotatable bonds is 5. The summed E-state index contributed by atoms with van der Waals surface area (Å²) in [6.07, 6.45) is 15.2. The molecule has 3 unspecified atom stereocenters. The minimum atomic E-state index is -2.63. The van der Waals surface area contributed by atoms with Gasteiger partial charge in [-0.3, -0.25) is 0 Å². The van der Waals surface area contributed by atoms with Crippen molar-refractivity contribution in [1.29, 1.82) is 0 Å². The molecule has 2 aromatic rings. The third kappa shape index (κ3) is 5.23. The fourth-order valence-corrected chi connectivity index (χ4v) is 16.1. The predicted molar refractivity (Wildman–Crippen MR) is 184 cm³/mol. The van der Waals surface area contributed by atoms with Gasteiger partial charge in [0.2, 0.25) is 0 Å². The second kappa shape index (κ2) is 11.3. The summed E-state index contributed by atoms with van der Waals surface area (Å²) in [5.74, 6) is 3.90. The van der Waals surface area contributed by atoms with E-state index >= 15 is 0 Å². The Hall–Kier alpha value is -0.683. The molecule has 0 radical (unpaired) electrons. The van der Waals surface area contributed by atoms with Gasteiger partial charge >= 0.3 is 0 Å². The molecule has 0 amide bonds. The quantitative estimate of drug-likeness (QED) is 0.283. The van der Waals surface area contributed by atoms with Gasteiger partial charge < -0.3 is 4.43 Å². The molecule has 222 valence electrons. The van der Waals surface area contributed by atoms with E-state index in [1.807, 2.05) is 0 Å².